The van der Waals surface area contributed by atoms with E-state index in [-0.39, 0.29) is 25.0 Å². The Bertz CT molecular complexity index is 747. The topological polar surface area (TPSA) is 55.9 Å². The standard InChI is InChI=1S/C20H27F3N4O2/c1-3-24-19(29)27-12-16(14-5-4-6-15(11-14)20(21,22)23)17(13-27)18(28)26-9-7-25(2)8-10-26/h4-6,11,16-17H,3,7-10,12-13H2,1-2H3,(H,24,29)/t16-,17+/m0/s1. The van der Waals surface area contributed by atoms with Crippen molar-refractivity contribution >= 4 is 11.9 Å². The molecule has 1 aromatic rings. The highest BCUT2D eigenvalue weighted by Gasteiger charge is 2.43. The molecule has 9 heteroatoms. The van der Waals surface area contributed by atoms with Gasteiger partial charge in [0, 0.05) is 51.7 Å². The van der Waals surface area contributed by atoms with E-state index in [1.807, 2.05) is 7.05 Å². The number of alkyl halides is 3. The van der Waals surface area contributed by atoms with Gasteiger partial charge in [0.2, 0.25) is 5.91 Å². The first kappa shape index (κ1) is 21.4. The molecule has 29 heavy (non-hydrogen) atoms. The number of piperazine rings is 1. The Labute approximate surface area is 168 Å². The van der Waals surface area contributed by atoms with Crippen molar-refractivity contribution in [3.8, 4) is 0 Å². The Balaban J connectivity index is 1.87. The predicted molar refractivity (Wildman–Crippen MR) is 102 cm³/mol. The summed E-state index contributed by atoms with van der Waals surface area (Å²) < 4.78 is 39.6. The molecule has 6 nitrogen and oxygen atoms in total. The molecular weight excluding hydrogens is 385 g/mol. The largest absolute Gasteiger partial charge is 0.416 e. The smallest absolute Gasteiger partial charge is 0.340 e. The van der Waals surface area contributed by atoms with Crippen LogP contribution in [-0.4, -0.2) is 79.5 Å². The summed E-state index contributed by atoms with van der Waals surface area (Å²) in [5.41, 5.74) is -0.295. The van der Waals surface area contributed by atoms with Gasteiger partial charge in [0.05, 0.1) is 11.5 Å². The molecule has 0 saturated carbocycles. The normalized spacial score (nSPS) is 23.3. The monoisotopic (exact) mass is 412 g/mol. The van der Waals surface area contributed by atoms with Crippen LogP contribution in [0.3, 0.4) is 0 Å². The number of hydrogen-bond acceptors (Lipinski definition) is 3. The lowest BCUT2D eigenvalue weighted by atomic mass is 9.87. The van der Waals surface area contributed by atoms with E-state index in [9.17, 15) is 22.8 Å². The highest BCUT2D eigenvalue weighted by molar-refractivity contribution is 5.83. The van der Waals surface area contributed by atoms with Crippen LogP contribution in [0.15, 0.2) is 24.3 Å². The van der Waals surface area contributed by atoms with Gasteiger partial charge in [0.1, 0.15) is 0 Å². The van der Waals surface area contributed by atoms with E-state index in [0.717, 1.165) is 25.2 Å². The molecule has 3 rings (SSSR count). The lowest BCUT2D eigenvalue weighted by Gasteiger charge is -2.35. The van der Waals surface area contributed by atoms with E-state index < -0.39 is 23.6 Å². The second-order valence-corrected chi connectivity index (χ2v) is 7.71. The van der Waals surface area contributed by atoms with Crippen LogP contribution in [0.2, 0.25) is 0 Å². The molecule has 2 aliphatic rings. The molecule has 0 spiro atoms. The Morgan fingerprint density at radius 2 is 1.79 bits per heavy atom. The summed E-state index contributed by atoms with van der Waals surface area (Å²) in [6, 6.07) is 4.82. The highest BCUT2D eigenvalue weighted by atomic mass is 19.4. The van der Waals surface area contributed by atoms with Crippen molar-refractivity contribution in [1.29, 1.82) is 0 Å². The fourth-order valence-electron chi connectivity index (χ4n) is 4.03. The number of likely N-dealkylation sites (N-methyl/N-ethyl adjacent to an activating group) is 1. The average Bonchev–Trinajstić information content (AvgIpc) is 3.13. The van der Waals surface area contributed by atoms with Gasteiger partial charge in [-0.25, -0.2) is 4.79 Å². The van der Waals surface area contributed by atoms with Crippen LogP contribution in [0.25, 0.3) is 0 Å². The fourth-order valence-corrected chi connectivity index (χ4v) is 4.03. The molecule has 2 atom stereocenters. The first-order chi connectivity index (χ1) is 13.7. The zero-order valence-electron chi connectivity index (χ0n) is 16.7. The number of carbonyl (C=O) groups excluding carboxylic acids is 2. The van der Waals surface area contributed by atoms with Crippen molar-refractivity contribution in [2.75, 3.05) is 52.9 Å². The van der Waals surface area contributed by atoms with E-state index in [4.69, 9.17) is 0 Å². The molecular formula is C20H27F3N4O2. The van der Waals surface area contributed by atoms with Gasteiger partial charge in [-0.15, -0.1) is 0 Å². The minimum atomic E-state index is -4.45. The maximum absolute atomic E-state index is 13.2. The van der Waals surface area contributed by atoms with Crippen LogP contribution in [0.5, 0.6) is 0 Å². The summed E-state index contributed by atoms with van der Waals surface area (Å²) in [6.07, 6.45) is -4.45. The molecule has 160 valence electrons. The maximum atomic E-state index is 13.2. The number of likely N-dealkylation sites (tertiary alicyclic amines) is 1. The molecule has 1 aromatic carbocycles. The average molecular weight is 412 g/mol. The Kier molecular flexibility index (Phi) is 6.36. The van der Waals surface area contributed by atoms with E-state index in [1.54, 1.807) is 17.9 Å². The number of halogens is 3. The number of nitrogens with one attached hydrogen (secondary N) is 1. The summed E-state index contributed by atoms with van der Waals surface area (Å²) in [4.78, 5) is 31.0. The van der Waals surface area contributed by atoms with E-state index in [1.165, 1.54) is 11.0 Å². The molecule has 2 fully saturated rings. The summed E-state index contributed by atoms with van der Waals surface area (Å²) in [5, 5.41) is 2.72. The van der Waals surface area contributed by atoms with E-state index >= 15 is 0 Å². The van der Waals surface area contributed by atoms with Crippen LogP contribution in [0, 0.1) is 5.92 Å². The SMILES string of the molecule is CCNC(=O)N1C[C@@H](C(=O)N2CCN(C)CC2)[C@H](c2cccc(C(F)(F)F)c2)C1. The lowest BCUT2D eigenvalue weighted by molar-refractivity contribution is -0.137. The van der Waals surface area contributed by atoms with Crippen LogP contribution in [0.1, 0.15) is 24.0 Å². The van der Waals surface area contributed by atoms with Crippen molar-refractivity contribution in [2.24, 2.45) is 5.92 Å². The zero-order valence-corrected chi connectivity index (χ0v) is 16.7. The number of nitrogens with zero attached hydrogens (tertiary/aromatic N) is 3. The molecule has 0 aliphatic carbocycles. The van der Waals surface area contributed by atoms with Gasteiger partial charge in [0.25, 0.3) is 0 Å². The van der Waals surface area contributed by atoms with Crippen molar-refractivity contribution in [3.63, 3.8) is 0 Å². The van der Waals surface area contributed by atoms with Gasteiger partial charge in [-0.3, -0.25) is 4.79 Å². The van der Waals surface area contributed by atoms with E-state index in [2.05, 4.69) is 10.2 Å². The fraction of sp³-hybridized carbons (Fsp3) is 0.600. The van der Waals surface area contributed by atoms with Gasteiger partial charge in [-0.2, -0.15) is 13.2 Å². The van der Waals surface area contributed by atoms with Crippen molar-refractivity contribution in [2.45, 2.75) is 19.0 Å². The lowest BCUT2D eigenvalue weighted by Crippen LogP contribution is -2.50. The molecule has 2 aliphatic heterocycles. The summed E-state index contributed by atoms with van der Waals surface area (Å²) >= 11 is 0. The van der Waals surface area contributed by atoms with Crippen molar-refractivity contribution < 1.29 is 22.8 Å². The second-order valence-electron chi connectivity index (χ2n) is 7.71. The molecule has 0 unspecified atom stereocenters. The third-order valence-corrected chi connectivity index (χ3v) is 5.71. The van der Waals surface area contributed by atoms with Crippen molar-refractivity contribution in [1.82, 2.24) is 20.0 Å². The van der Waals surface area contributed by atoms with Gasteiger partial charge < -0.3 is 20.0 Å². The van der Waals surface area contributed by atoms with E-state index in [0.29, 0.717) is 25.2 Å². The van der Waals surface area contributed by atoms with Crippen LogP contribution < -0.4 is 5.32 Å². The minimum Gasteiger partial charge on any atom is -0.340 e. The first-order valence-corrected chi connectivity index (χ1v) is 9.88. The Morgan fingerprint density at radius 3 is 2.41 bits per heavy atom. The summed E-state index contributed by atoms with van der Waals surface area (Å²) in [7, 11) is 1.99. The number of carbonyl (C=O) groups is 2. The zero-order chi connectivity index (χ0) is 21.2. The highest BCUT2D eigenvalue weighted by Crippen LogP contribution is 2.37. The quantitative estimate of drug-likeness (QED) is 0.829. The van der Waals surface area contributed by atoms with Crippen LogP contribution >= 0.6 is 0 Å². The number of amides is 3. The van der Waals surface area contributed by atoms with Crippen LogP contribution in [-0.2, 0) is 11.0 Å². The van der Waals surface area contributed by atoms with Crippen molar-refractivity contribution in [3.05, 3.63) is 35.4 Å². The molecule has 1 N–H and O–H groups in total. The summed E-state index contributed by atoms with van der Waals surface area (Å²) in [6.45, 7) is 5.35. The van der Waals surface area contributed by atoms with Gasteiger partial charge in [-0.1, -0.05) is 18.2 Å². The Morgan fingerprint density at radius 1 is 1.10 bits per heavy atom. The molecule has 0 radical (unpaired) electrons. The molecule has 2 heterocycles. The molecule has 3 amide bonds. The second kappa shape index (κ2) is 8.61. The molecule has 0 bridgehead atoms. The Hall–Kier alpha value is -2.29. The summed E-state index contributed by atoms with van der Waals surface area (Å²) in [5.74, 6) is -1.11. The number of hydrogen-bond donors (Lipinski definition) is 1. The molecule has 2 saturated heterocycles. The van der Waals surface area contributed by atoms with Gasteiger partial charge in [0.15, 0.2) is 0 Å². The minimum absolute atomic E-state index is 0.0905. The third-order valence-electron chi connectivity index (χ3n) is 5.71. The van der Waals surface area contributed by atoms with Gasteiger partial charge in [-0.05, 0) is 25.6 Å². The van der Waals surface area contributed by atoms with Gasteiger partial charge >= 0.3 is 12.2 Å². The number of urea groups is 1. The number of rotatable bonds is 3. The predicted octanol–water partition coefficient (Wildman–Crippen LogP) is 2.22. The first-order valence-electron chi connectivity index (χ1n) is 9.88. The third kappa shape index (κ3) is 4.83. The molecule has 0 aromatic heterocycles. The number of benzene rings is 1. The maximum Gasteiger partial charge on any atom is 0.416 e. The van der Waals surface area contributed by atoms with Crippen LogP contribution in [0.4, 0.5) is 18.0 Å².